The lowest BCUT2D eigenvalue weighted by molar-refractivity contribution is 0.652. The molecule has 8 aromatic rings. The van der Waals surface area contributed by atoms with E-state index in [4.69, 9.17) is 4.42 Å². The molecule has 0 amide bonds. The second-order valence-corrected chi connectivity index (χ2v) is 16.0. The number of nitrogens with zero attached hydrogens (tertiary/aromatic N) is 1. The Morgan fingerprint density at radius 1 is 0.490 bits per heavy atom. The van der Waals surface area contributed by atoms with Gasteiger partial charge in [0.25, 0.3) is 0 Å². The monoisotopic (exact) mass is 659 g/mol. The molecular formula is C49H41NO. The third-order valence-corrected chi connectivity index (χ3v) is 12.0. The molecule has 0 saturated heterocycles. The van der Waals surface area contributed by atoms with Crippen LogP contribution in [-0.4, -0.2) is 0 Å². The number of furan rings is 1. The Bertz CT molecular complexity index is 2720. The van der Waals surface area contributed by atoms with Crippen LogP contribution in [0, 0.1) is 0 Å². The van der Waals surface area contributed by atoms with Crippen LogP contribution < -0.4 is 4.90 Å². The lowest BCUT2D eigenvalue weighted by Crippen LogP contribution is -2.17. The molecular weight excluding hydrogens is 619 g/mol. The molecule has 51 heavy (non-hydrogen) atoms. The SMILES string of the molecule is CC(C)c1ccc(N(c2ccc3c(c2)C(C)(C)c2cc4c(cc2-3)C(C)(C)c2cc3ccccc3cc2-4)c2cccc3c2oc2ccccc23)cc1. The van der Waals surface area contributed by atoms with Gasteiger partial charge in [0.15, 0.2) is 5.58 Å². The Morgan fingerprint density at radius 3 is 1.78 bits per heavy atom. The van der Waals surface area contributed by atoms with Crippen LogP contribution in [0.15, 0.2) is 138 Å². The van der Waals surface area contributed by atoms with Gasteiger partial charge in [-0.05, 0) is 127 Å². The van der Waals surface area contributed by atoms with E-state index in [0.29, 0.717) is 5.92 Å². The molecule has 2 aliphatic rings. The summed E-state index contributed by atoms with van der Waals surface area (Å²) in [6.45, 7) is 14.1. The molecule has 248 valence electrons. The highest BCUT2D eigenvalue weighted by atomic mass is 16.3. The minimum atomic E-state index is -0.183. The average Bonchev–Trinajstić information content (AvgIpc) is 3.70. The van der Waals surface area contributed by atoms with Crippen molar-refractivity contribution >= 4 is 49.8 Å². The highest BCUT2D eigenvalue weighted by molar-refractivity contribution is 6.10. The molecule has 1 heterocycles. The Morgan fingerprint density at radius 2 is 1.06 bits per heavy atom. The highest BCUT2D eigenvalue weighted by Crippen LogP contribution is 2.57. The third kappa shape index (κ3) is 4.23. The van der Waals surface area contributed by atoms with E-state index in [2.05, 4.69) is 174 Å². The van der Waals surface area contributed by atoms with Gasteiger partial charge in [0.05, 0.1) is 5.69 Å². The summed E-state index contributed by atoms with van der Waals surface area (Å²) in [5.74, 6) is 0.461. The van der Waals surface area contributed by atoms with E-state index >= 15 is 0 Å². The van der Waals surface area contributed by atoms with E-state index in [1.807, 2.05) is 6.07 Å². The lowest BCUT2D eigenvalue weighted by atomic mass is 9.79. The molecule has 2 heteroatoms. The van der Waals surface area contributed by atoms with Crippen LogP contribution in [-0.2, 0) is 10.8 Å². The molecule has 0 atom stereocenters. The summed E-state index contributed by atoms with van der Waals surface area (Å²) in [6, 6.07) is 49.7. The smallest absolute Gasteiger partial charge is 0.159 e. The van der Waals surface area contributed by atoms with Gasteiger partial charge in [-0.1, -0.05) is 114 Å². The molecule has 0 bridgehead atoms. The van der Waals surface area contributed by atoms with Gasteiger partial charge in [0.1, 0.15) is 5.58 Å². The Balaban J connectivity index is 1.15. The summed E-state index contributed by atoms with van der Waals surface area (Å²) in [6.07, 6.45) is 0. The van der Waals surface area contributed by atoms with E-state index in [1.165, 1.54) is 60.8 Å². The van der Waals surface area contributed by atoms with Gasteiger partial charge in [0, 0.05) is 33.0 Å². The van der Waals surface area contributed by atoms with Gasteiger partial charge in [-0.2, -0.15) is 0 Å². The summed E-state index contributed by atoms with van der Waals surface area (Å²) < 4.78 is 6.63. The normalized spacial score (nSPS) is 15.0. The minimum absolute atomic E-state index is 0.0826. The van der Waals surface area contributed by atoms with E-state index < -0.39 is 0 Å². The van der Waals surface area contributed by atoms with E-state index in [9.17, 15) is 0 Å². The Labute approximate surface area is 300 Å². The summed E-state index contributed by atoms with van der Waals surface area (Å²) in [5.41, 5.74) is 17.2. The summed E-state index contributed by atoms with van der Waals surface area (Å²) in [4.78, 5) is 2.39. The molecule has 0 unspecified atom stereocenters. The van der Waals surface area contributed by atoms with Crippen molar-refractivity contribution in [2.24, 2.45) is 0 Å². The highest BCUT2D eigenvalue weighted by Gasteiger charge is 2.42. The second-order valence-electron chi connectivity index (χ2n) is 16.0. The van der Waals surface area contributed by atoms with Crippen molar-refractivity contribution in [1.29, 1.82) is 0 Å². The quantitative estimate of drug-likeness (QED) is 0.187. The number of fused-ring (bicyclic) bond motifs is 10. The fraction of sp³-hybridized carbons (Fsp3) is 0.184. The van der Waals surface area contributed by atoms with Crippen LogP contribution in [0.1, 0.15) is 75.3 Å². The van der Waals surface area contributed by atoms with E-state index in [0.717, 1.165) is 39.0 Å². The predicted octanol–water partition coefficient (Wildman–Crippen LogP) is 13.9. The first kappa shape index (κ1) is 30.2. The maximum atomic E-state index is 6.63. The standard InChI is InChI=1S/C49H41NO/c1-29(2)30-18-20-33(21-19-30)50(45-16-11-15-37-36-14-9-10-17-46(36)51-47(37)45)34-22-23-35-39-27-44-40(28-43(39)49(5,6)42(35)26-34)38-24-31-12-7-8-13-32(31)25-41(38)48(44,3)4/h7-29H,1-6H3. The molecule has 2 aliphatic carbocycles. The maximum absolute atomic E-state index is 6.63. The third-order valence-electron chi connectivity index (χ3n) is 12.0. The molecule has 7 aromatic carbocycles. The number of hydrogen-bond donors (Lipinski definition) is 0. The molecule has 0 N–H and O–H groups in total. The Hall–Kier alpha value is -5.60. The van der Waals surface area contributed by atoms with Crippen molar-refractivity contribution in [1.82, 2.24) is 0 Å². The molecule has 1 aromatic heterocycles. The predicted molar refractivity (Wildman–Crippen MR) is 215 cm³/mol. The van der Waals surface area contributed by atoms with Crippen LogP contribution in [0.5, 0.6) is 0 Å². The largest absolute Gasteiger partial charge is 0.454 e. The number of benzene rings is 7. The van der Waals surface area contributed by atoms with Crippen molar-refractivity contribution in [2.45, 2.75) is 58.3 Å². The average molecular weight is 660 g/mol. The molecule has 0 spiro atoms. The fourth-order valence-electron chi connectivity index (χ4n) is 9.12. The number of rotatable bonds is 4. The van der Waals surface area contributed by atoms with Crippen molar-refractivity contribution in [3.8, 4) is 22.3 Å². The summed E-state index contributed by atoms with van der Waals surface area (Å²) >= 11 is 0. The van der Waals surface area contributed by atoms with Gasteiger partial charge in [-0.15, -0.1) is 0 Å². The van der Waals surface area contributed by atoms with Crippen molar-refractivity contribution in [2.75, 3.05) is 4.90 Å². The zero-order valence-electron chi connectivity index (χ0n) is 30.1. The number of anilines is 3. The van der Waals surface area contributed by atoms with Crippen LogP contribution in [0.25, 0.3) is 55.0 Å². The molecule has 2 nitrogen and oxygen atoms in total. The first-order chi connectivity index (χ1) is 24.6. The number of hydrogen-bond acceptors (Lipinski definition) is 2. The first-order valence-corrected chi connectivity index (χ1v) is 18.3. The van der Waals surface area contributed by atoms with E-state index in [-0.39, 0.29) is 10.8 Å². The van der Waals surface area contributed by atoms with Gasteiger partial charge in [-0.3, -0.25) is 0 Å². The van der Waals surface area contributed by atoms with Crippen molar-refractivity contribution in [3.05, 3.63) is 161 Å². The maximum Gasteiger partial charge on any atom is 0.159 e. The number of para-hydroxylation sites is 2. The van der Waals surface area contributed by atoms with Crippen molar-refractivity contribution in [3.63, 3.8) is 0 Å². The first-order valence-electron chi connectivity index (χ1n) is 18.3. The van der Waals surface area contributed by atoms with Gasteiger partial charge >= 0.3 is 0 Å². The molecule has 0 saturated carbocycles. The van der Waals surface area contributed by atoms with E-state index in [1.54, 1.807) is 0 Å². The van der Waals surface area contributed by atoms with Gasteiger partial charge in [0.2, 0.25) is 0 Å². The summed E-state index contributed by atoms with van der Waals surface area (Å²) in [5, 5.41) is 4.88. The molecule has 0 radical (unpaired) electrons. The zero-order chi connectivity index (χ0) is 34.8. The van der Waals surface area contributed by atoms with Crippen LogP contribution in [0.3, 0.4) is 0 Å². The van der Waals surface area contributed by atoms with Crippen LogP contribution in [0.2, 0.25) is 0 Å². The zero-order valence-corrected chi connectivity index (χ0v) is 30.1. The molecule has 0 aliphatic heterocycles. The second kappa shape index (κ2) is 10.5. The topological polar surface area (TPSA) is 16.4 Å². The fourth-order valence-corrected chi connectivity index (χ4v) is 9.12. The molecule has 0 fully saturated rings. The van der Waals surface area contributed by atoms with Gasteiger partial charge < -0.3 is 9.32 Å². The summed E-state index contributed by atoms with van der Waals surface area (Å²) in [7, 11) is 0. The van der Waals surface area contributed by atoms with Crippen molar-refractivity contribution < 1.29 is 4.42 Å². The Kier molecular flexibility index (Phi) is 6.20. The molecule has 10 rings (SSSR count). The minimum Gasteiger partial charge on any atom is -0.454 e. The van der Waals surface area contributed by atoms with Crippen LogP contribution in [0.4, 0.5) is 17.1 Å². The lowest BCUT2D eigenvalue weighted by Gasteiger charge is -2.28. The van der Waals surface area contributed by atoms with Crippen LogP contribution >= 0.6 is 0 Å². The van der Waals surface area contributed by atoms with Gasteiger partial charge in [-0.25, -0.2) is 0 Å².